The molecular formula is C41H70O15. The molecule has 15 heteroatoms. The van der Waals surface area contributed by atoms with Crippen LogP contribution >= 0.6 is 0 Å². The van der Waals surface area contributed by atoms with Gasteiger partial charge < -0.3 is 74.4 Å². The first kappa shape index (κ1) is 44.7. The van der Waals surface area contributed by atoms with Crippen LogP contribution in [0.15, 0.2) is 12.2 Å². The van der Waals surface area contributed by atoms with Gasteiger partial charge in [-0.2, -0.15) is 0 Å². The molecule has 6 rings (SSSR count). The highest BCUT2D eigenvalue weighted by Crippen LogP contribution is 2.69. The van der Waals surface area contributed by atoms with Gasteiger partial charge in [0.05, 0.1) is 49.8 Å². The van der Waals surface area contributed by atoms with Crippen molar-refractivity contribution < 1.29 is 74.4 Å². The molecule has 6 aliphatic rings. The van der Waals surface area contributed by atoms with Crippen LogP contribution in [0.25, 0.3) is 0 Å². The normalized spacial score (nSPS) is 51.1. The maximum atomic E-state index is 12.7. The third-order valence-electron chi connectivity index (χ3n) is 15.4. The molecule has 0 aromatic carbocycles. The van der Waals surface area contributed by atoms with Crippen molar-refractivity contribution >= 4 is 0 Å². The average molecular weight is 803 g/mol. The van der Waals surface area contributed by atoms with Gasteiger partial charge in [-0.05, 0) is 72.5 Å². The molecule has 22 atom stereocenters. The highest BCUT2D eigenvalue weighted by Gasteiger charge is 2.72. The summed E-state index contributed by atoms with van der Waals surface area (Å²) in [4.78, 5) is 0. The number of methoxy groups -OCH3 is 2. The Morgan fingerprint density at radius 3 is 2.18 bits per heavy atom. The Kier molecular flexibility index (Phi) is 13.8. The fourth-order valence-electron chi connectivity index (χ4n) is 12.4. The molecule has 13 unspecified atom stereocenters. The number of fused-ring (bicyclic) bond motifs is 5. The Hall–Kier alpha value is -0.860. The van der Waals surface area contributed by atoms with Crippen LogP contribution in [0.3, 0.4) is 0 Å². The topological polar surface area (TPSA) is 237 Å². The van der Waals surface area contributed by atoms with E-state index in [-0.39, 0.29) is 49.2 Å². The fraction of sp³-hybridized carbons (Fsp3) is 0.951. The van der Waals surface area contributed by atoms with Crippen LogP contribution in [-0.4, -0.2) is 165 Å². The lowest BCUT2D eigenvalue weighted by molar-refractivity contribution is -0.310. The van der Waals surface area contributed by atoms with Crippen molar-refractivity contribution in [3.8, 4) is 0 Å². The van der Waals surface area contributed by atoms with Crippen molar-refractivity contribution in [2.45, 2.75) is 158 Å². The quantitative estimate of drug-likeness (QED) is 0.112. The highest BCUT2D eigenvalue weighted by molar-refractivity contribution is 5.22. The Morgan fingerprint density at radius 2 is 1.54 bits per heavy atom. The molecule has 0 bridgehead atoms. The Labute approximate surface area is 330 Å². The van der Waals surface area contributed by atoms with Gasteiger partial charge in [0.15, 0.2) is 12.6 Å². The number of allylic oxidation sites excluding steroid dienone is 1. The van der Waals surface area contributed by atoms with E-state index in [2.05, 4.69) is 13.8 Å². The molecule has 0 radical (unpaired) electrons. The predicted molar refractivity (Wildman–Crippen MR) is 199 cm³/mol. The van der Waals surface area contributed by atoms with E-state index in [1.165, 1.54) is 14.2 Å². The second-order valence-corrected chi connectivity index (χ2v) is 18.8. The minimum absolute atomic E-state index is 0.00230. The zero-order valence-electron chi connectivity index (χ0n) is 34.0. The van der Waals surface area contributed by atoms with Crippen LogP contribution in [0, 0.1) is 52.3 Å². The van der Waals surface area contributed by atoms with E-state index in [0.29, 0.717) is 32.1 Å². The number of aliphatic hydroxyl groups is 9. The second kappa shape index (κ2) is 17.3. The monoisotopic (exact) mass is 802 g/mol. The summed E-state index contributed by atoms with van der Waals surface area (Å²) in [6.45, 7) is 9.69. The third kappa shape index (κ3) is 7.68. The van der Waals surface area contributed by atoms with Gasteiger partial charge >= 0.3 is 0 Å². The van der Waals surface area contributed by atoms with Crippen LogP contribution in [0.4, 0.5) is 0 Å². The molecule has 0 amide bonds. The predicted octanol–water partition coefficient (Wildman–Crippen LogP) is 0.0860. The largest absolute Gasteiger partial charge is 0.394 e. The number of ether oxygens (including phenoxy) is 6. The first-order valence-electron chi connectivity index (χ1n) is 20.8. The van der Waals surface area contributed by atoms with Gasteiger partial charge in [0.25, 0.3) is 0 Å². The molecule has 324 valence electrons. The van der Waals surface area contributed by atoms with Crippen LogP contribution < -0.4 is 0 Å². The van der Waals surface area contributed by atoms with E-state index in [0.717, 1.165) is 0 Å². The number of aliphatic hydroxyl groups excluding tert-OH is 8. The van der Waals surface area contributed by atoms with Crippen LogP contribution in [0.5, 0.6) is 0 Å². The lowest BCUT2D eigenvalue weighted by Gasteiger charge is -2.65. The molecular weight excluding hydrogens is 732 g/mol. The molecule has 0 aromatic rings. The molecule has 56 heavy (non-hydrogen) atoms. The zero-order chi connectivity index (χ0) is 41.1. The Balaban J connectivity index is 1.17. The average Bonchev–Trinajstić information content (AvgIpc) is 3.56. The smallest absolute Gasteiger partial charge is 0.187 e. The van der Waals surface area contributed by atoms with Crippen molar-refractivity contribution in [2.24, 2.45) is 52.3 Å². The zero-order valence-corrected chi connectivity index (χ0v) is 34.0. The Morgan fingerprint density at radius 1 is 0.839 bits per heavy atom. The molecule has 0 spiro atoms. The maximum absolute atomic E-state index is 12.7. The van der Waals surface area contributed by atoms with Gasteiger partial charge in [-0.3, -0.25) is 0 Å². The summed E-state index contributed by atoms with van der Waals surface area (Å²) >= 11 is 0. The number of hydrogen-bond donors (Lipinski definition) is 9. The molecule has 0 aromatic heterocycles. The lowest BCUT2D eigenvalue weighted by atomic mass is 9.42. The van der Waals surface area contributed by atoms with Gasteiger partial charge in [0.2, 0.25) is 0 Å². The fourth-order valence-corrected chi connectivity index (χ4v) is 12.4. The van der Waals surface area contributed by atoms with Crippen molar-refractivity contribution in [2.75, 3.05) is 34.0 Å². The summed E-state index contributed by atoms with van der Waals surface area (Å²) in [5, 5.41) is 100. The minimum atomic E-state index is -1.43. The van der Waals surface area contributed by atoms with Crippen molar-refractivity contribution in [3.63, 3.8) is 0 Å². The van der Waals surface area contributed by atoms with E-state index >= 15 is 0 Å². The standard InChI is InChI=1S/C41H70O15/c1-19(2)21(17-53-38-35(32(49)33(55-38)25(45)16-42)56-37-34(52-7)29(46)26(51-6)18-54-37)9-8-20(3)28-30(47)31(48)36-40(28,5)13-11-27-39(4)12-10-22(43)14-23(39)24(44)15-41(27,36)50/h8-9,19-38,42-50H,10-18H2,1-7H3/b9-8+/t20-,21?,22+,23?,24+,25?,26?,27?,28+,29?,30-,31-,32?,33?,34?,35?,36?,37?,38?,39+,40-,41+/m1/s1. The molecule has 2 heterocycles. The molecule has 2 saturated heterocycles. The van der Waals surface area contributed by atoms with Gasteiger partial charge in [-0.1, -0.05) is 46.8 Å². The molecule has 15 nitrogen and oxygen atoms in total. The summed E-state index contributed by atoms with van der Waals surface area (Å²) in [7, 11) is 2.83. The van der Waals surface area contributed by atoms with Gasteiger partial charge in [0, 0.05) is 32.5 Å². The molecule has 6 fully saturated rings. The summed E-state index contributed by atoms with van der Waals surface area (Å²) < 4.78 is 34.9. The van der Waals surface area contributed by atoms with E-state index in [1.807, 2.05) is 32.9 Å². The minimum Gasteiger partial charge on any atom is -0.394 e. The molecule has 9 N–H and O–H groups in total. The summed E-state index contributed by atoms with van der Waals surface area (Å²) in [5.74, 6) is -1.71. The van der Waals surface area contributed by atoms with Crippen LogP contribution in [0.2, 0.25) is 0 Å². The van der Waals surface area contributed by atoms with E-state index in [1.54, 1.807) is 0 Å². The molecule has 2 aliphatic heterocycles. The number of rotatable bonds is 13. The van der Waals surface area contributed by atoms with Gasteiger partial charge in [-0.15, -0.1) is 0 Å². The van der Waals surface area contributed by atoms with E-state index in [9.17, 15) is 46.0 Å². The number of hydrogen-bond acceptors (Lipinski definition) is 15. The van der Waals surface area contributed by atoms with Crippen LogP contribution in [0.1, 0.15) is 73.1 Å². The van der Waals surface area contributed by atoms with Crippen molar-refractivity contribution in [1.29, 1.82) is 0 Å². The van der Waals surface area contributed by atoms with Crippen LogP contribution in [-0.2, 0) is 28.4 Å². The summed E-state index contributed by atoms with van der Waals surface area (Å²) in [6.07, 6.45) is -6.57. The third-order valence-corrected chi connectivity index (χ3v) is 15.4. The molecule has 4 saturated carbocycles. The van der Waals surface area contributed by atoms with Gasteiger partial charge in [0.1, 0.15) is 42.7 Å². The van der Waals surface area contributed by atoms with E-state index in [4.69, 9.17) is 28.4 Å². The van der Waals surface area contributed by atoms with Gasteiger partial charge in [-0.25, -0.2) is 0 Å². The highest BCUT2D eigenvalue weighted by atomic mass is 16.8. The first-order valence-corrected chi connectivity index (χ1v) is 20.8. The summed E-state index contributed by atoms with van der Waals surface area (Å²) in [5.41, 5.74) is -2.41. The molecule has 4 aliphatic carbocycles. The Bertz CT molecular complexity index is 1340. The second-order valence-electron chi connectivity index (χ2n) is 18.8. The first-order chi connectivity index (χ1) is 26.4. The van der Waals surface area contributed by atoms with E-state index < -0.39 is 115 Å². The maximum Gasteiger partial charge on any atom is 0.187 e. The lowest BCUT2D eigenvalue weighted by Crippen LogP contribution is -2.68. The van der Waals surface area contributed by atoms with Crippen molar-refractivity contribution in [1.82, 2.24) is 0 Å². The van der Waals surface area contributed by atoms with Crippen molar-refractivity contribution in [3.05, 3.63) is 12.2 Å². The summed E-state index contributed by atoms with van der Waals surface area (Å²) in [6, 6.07) is 0. The SMILES string of the molecule is COC1COC(OC2C(OCC(/C=C/[C@@H](C)[C@H]3[C@@H](O)[C@@H](O)C4[C@]5(O)C[C@H](O)C6C[C@@H](O)CC[C@]6(C)C5CC[C@@]43C)C(C)C)OC(C(O)CO)C2O)C(OC)C1O.